The van der Waals surface area contributed by atoms with Gasteiger partial charge in [0.15, 0.2) is 0 Å². The Morgan fingerprint density at radius 1 is 0.857 bits per heavy atom. The summed E-state index contributed by atoms with van der Waals surface area (Å²) in [6, 6.07) is 16.0. The number of piperazine rings is 1. The second-order valence-corrected chi connectivity index (χ2v) is 9.42. The summed E-state index contributed by atoms with van der Waals surface area (Å²) in [4.78, 5) is 53.9. The highest BCUT2D eigenvalue weighted by atomic mass is 16.6. The fourth-order valence-electron chi connectivity index (χ4n) is 3.95. The van der Waals surface area contributed by atoms with E-state index in [-0.39, 0.29) is 19.6 Å². The van der Waals surface area contributed by atoms with E-state index >= 15 is 0 Å². The van der Waals surface area contributed by atoms with Crippen molar-refractivity contribution in [1.29, 1.82) is 0 Å². The van der Waals surface area contributed by atoms with Crippen LogP contribution in [-0.2, 0) is 32.2 Å². The van der Waals surface area contributed by atoms with Crippen LogP contribution in [0.3, 0.4) is 0 Å². The van der Waals surface area contributed by atoms with Gasteiger partial charge in [-0.1, -0.05) is 60.7 Å². The molecule has 1 aliphatic rings. The molecule has 0 radical (unpaired) electrons. The summed E-state index contributed by atoms with van der Waals surface area (Å²) >= 11 is 0. The Kier molecular flexibility index (Phi) is 8.11. The van der Waals surface area contributed by atoms with Crippen molar-refractivity contribution in [2.75, 3.05) is 6.54 Å². The molecule has 0 aliphatic carbocycles. The fraction of sp³-hybridized carbons (Fsp3) is 0.385. The van der Waals surface area contributed by atoms with Crippen LogP contribution in [0.5, 0.6) is 0 Å². The average Bonchev–Trinajstić information content (AvgIpc) is 2.79. The van der Waals surface area contributed by atoms with Gasteiger partial charge in [-0.2, -0.15) is 0 Å². The highest BCUT2D eigenvalue weighted by Gasteiger charge is 2.46. The highest BCUT2D eigenvalue weighted by Crippen LogP contribution is 2.25. The van der Waals surface area contributed by atoms with Crippen LogP contribution < -0.4 is 5.32 Å². The second kappa shape index (κ2) is 11.0. The van der Waals surface area contributed by atoms with Gasteiger partial charge < -0.3 is 25.0 Å². The minimum absolute atomic E-state index is 0.0749. The first-order chi connectivity index (χ1) is 16.5. The van der Waals surface area contributed by atoms with Crippen molar-refractivity contribution in [2.24, 2.45) is 0 Å². The van der Waals surface area contributed by atoms with E-state index in [0.717, 1.165) is 11.1 Å². The molecule has 2 aromatic rings. The molecule has 2 N–H and O–H groups in total. The molecule has 9 heteroatoms. The largest absolute Gasteiger partial charge is 0.481 e. The molecule has 0 unspecified atom stereocenters. The third-order valence-corrected chi connectivity index (χ3v) is 5.49. The van der Waals surface area contributed by atoms with E-state index in [4.69, 9.17) is 4.74 Å². The van der Waals surface area contributed by atoms with Crippen LogP contribution in [0.25, 0.3) is 0 Å². The van der Waals surface area contributed by atoms with Gasteiger partial charge in [0.1, 0.15) is 17.7 Å². The maximum absolute atomic E-state index is 13.7. The van der Waals surface area contributed by atoms with Crippen LogP contribution in [0.4, 0.5) is 4.79 Å². The number of benzene rings is 2. The molecule has 0 saturated carbocycles. The Morgan fingerprint density at radius 2 is 1.31 bits per heavy atom. The van der Waals surface area contributed by atoms with Gasteiger partial charge in [0, 0.05) is 13.1 Å². The number of aliphatic carboxylic acids is 1. The number of hydrogen-bond acceptors (Lipinski definition) is 5. The molecule has 2 atom stereocenters. The summed E-state index contributed by atoms with van der Waals surface area (Å²) in [5.74, 6) is -2.10. The summed E-state index contributed by atoms with van der Waals surface area (Å²) < 4.78 is 5.28. The van der Waals surface area contributed by atoms with Crippen LogP contribution in [0.2, 0.25) is 0 Å². The van der Waals surface area contributed by atoms with Crippen LogP contribution >= 0.6 is 0 Å². The number of rotatable bonds is 8. The molecule has 1 saturated heterocycles. The summed E-state index contributed by atoms with van der Waals surface area (Å²) in [5.41, 5.74) is 0.812. The van der Waals surface area contributed by atoms with Crippen molar-refractivity contribution in [3.8, 4) is 0 Å². The molecule has 1 aliphatic heterocycles. The highest BCUT2D eigenvalue weighted by molar-refractivity contribution is 5.99. The molecule has 2 aromatic carbocycles. The van der Waals surface area contributed by atoms with E-state index in [1.165, 1.54) is 9.80 Å². The van der Waals surface area contributed by atoms with Crippen molar-refractivity contribution in [1.82, 2.24) is 15.1 Å². The van der Waals surface area contributed by atoms with Gasteiger partial charge in [0.05, 0.1) is 13.0 Å². The molecule has 1 heterocycles. The third-order valence-electron chi connectivity index (χ3n) is 5.49. The van der Waals surface area contributed by atoms with Crippen molar-refractivity contribution >= 4 is 23.9 Å². The SMILES string of the molecule is CC(C)(C)OC(=O)NC[C@H]1C(=O)N(Cc2ccccc2)[C@H](CC(=O)O)C(=O)N1Cc1ccccc1. The van der Waals surface area contributed by atoms with Crippen molar-refractivity contribution in [3.05, 3.63) is 71.8 Å². The first-order valence-electron chi connectivity index (χ1n) is 11.4. The normalized spacial score (nSPS) is 18.4. The molecule has 1 fully saturated rings. The minimum atomic E-state index is -1.18. The maximum atomic E-state index is 13.7. The van der Waals surface area contributed by atoms with Gasteiger partial charge in [-0.3, -0.25) is 14.4 Å². The van der Waals surface area contributed by atoms with Crippen molar-refractivity contribution < 1.29 is 29.0 Å². The Balaban J connectivity index is 1.93. The lowest BCUT2D eigenvalue weighted by molar-refractivity contribution is -0.165. The molecule has 0 bridgehead atoms. The minimum Gasteiger partial charge on any atom is -0.481 e. The van der Waals surface area contributed by atoms with Gasteiger partial charge in [-0.05, 0) is 31.9 Å². The quantitative estimate of drug-likeness (QED) is 0.599. The van der Waals surface area contributed by atoms with E-state index in [1.807, 2.05) is 36.4 Å². The number of nitrogens with one attached hydrogen (secondary N) is 1. The Bertz CT molecular complexity index is 1050. The zero-order chi connectivity index (χ0) is 25.6. The molecule has 186 valence electrons. The first-order valence-corrected chi connectivity index (χ1v) is 11.4. The summed E-state index contributed by atoms with van der Waals surface area (Å²) in [7, 11) is 0. The number of ether oxygens (including phenoxy) is 1. The lowest BCUT2D eigenvalue weighted by Gasteiger charge is -2.45. The number of carboxylic acids is 1. The molecule has 9 nitrogen and oxygen atoms in total. The van der Waals surface area contributed by atoms with E-state index in [1.54, 1.807) is 45.0 Å². The monoisotopic (exact) mass is 481 g/mol. The standard InChI is InChI=1S/C26H31N3O6/c1-26(2,3)35-25(34)27-15-21-24(33)28(16-18-10-6-4-7-11-18)20(14-22(30)31)23(32)29(21)17-19-12-8-5-9-13-19/h4-13,20-21H,14-17H2,1-3H3,(H,27,34)(H,30,31)/t20-,21+/m1/s1. The summed E-state index contributed by atoms with van der Waals surface area (Å²) in [6.45, 7) is 5.18. The molecule has 35 heavy (non-hydrogen) atoms. The van der Waals surface area contributed by atoms with E-state index in [9.17, 15) is 24.3 Å². The van der Waals surface area contributed by atoms with E-state index in [0.29, 0.717) is 0 Å². The third kappa shape index (κ3) is 7.05. The number of nitrogens with zero attached hydrogens (tertiary/aromatic N) is 2. The molecular formula is C26H31N3O6. The number of carboxylic acid groups (broad SMARTS) is 1. The molecule has 3 amide bonds. The maximum Gasteiger partial charge on any atom is 0.407 e. The molecular weight excluding hydrogens is 450 g/mol. The summed E-state index contributed by atoms with van der Waals surface area (Å²) in [6.07, 6.45) is -1.23. The summed E-state index contributed by atoms with van der Waals surface area (Å²) in [5, 5.41) is 12.1. The van der Waals surface area contributed by atoms with Crippen LogP contribution in [0, 0.1) is 0 Å². The van der Waals surface area contributed by atoms with Crippen molar-refractivity contribution in [2.45, 2.75) is 58.0 Å². The lowest BCUT2D eigenvalue weighted by Crippen LogP contribution is -2.66. The lowest BCUT2D eigenvalue weighted by atomic mass is 9.99. The fourth-order valence-corrected chi connectivity index (χ4v) is 3.95. The number of carbonyl (C=O) groups excluding carboxylic acids is 3. The Hall–Kier alpha value is -3.88. The number of carbonyl (C=O) groups is 4. The van der Waals surface area contributed by atoms with Gasteiger partial charge >= 0.3 is 12.1 Å². The number of alkyl carbamates (subject to hydrolysis) is 1. The zero-order valence-corrected chi connectivity index (χ0v) is 20.1. The van der Waals surface area contributed by atoms with Gasteiger partial charge in [-0.15, -0.1) is 0 Å². The zero-order valence-electron chi connectivity index (χ0n) is 20.1. The molecule has 0 aromatic heterocycles. The van der Waals surface area contributed by atoms with Crippen LogP contribution in [0.1, 0.15) is 38.3 Å². The van der Waals surface area contributed by atoms with Gasteiger partial charge in [-0.25, -0.2) is 4.79 Å². The second-order valence-electron chi connectivity index (χ2n) is 9.42. The topological polar surface area (TPSA) is 116 Å². The number of hydrogen-bond donors (Lipinski definition) is 2. The molecule has 0 spiro atoms. The van der Waals surface area contributed by atoms with E-state index < -0.39 is 48.0 Å². The van der Waals surface area contributed by atoms with Gasteiger partial charge in [0.25, 0.3) is 0 Å². The first kappa shape index (κ1) is 25.7. The van der Waals surface area contributed by atoms with Crippen LogP contribution in [0.15, 0.2) is 60.7 Å². The van der Waals surface area contributed by atoms with Crippen LogP contribution in [-0.4, -0.2) is 63.0 Å². The molecule has 3 rings (SSSR count). The smallest absolute Gasteiger partial charge is 0.407 e. The predicted octanol–water partition coefficient (Wildman–Crippen LogP) is 2.79. The predicted molar refractivity (Wildman–Crippen MR) is 128 cm³/mol. The number of amides is 3. The Morgan fingerprint density at radius 3 is 1.77 bits per heavy atom. The van der Waals surface area contributed by atoms with E-state index in [2.05, 4.69) is 5.32 Å². The van der Waals surface area contributed by atoms with Crippen molar-refractivity contribution in [3.63, 3.8) is 0 Å². The van der Waals surface area contributed by atoms with Gasteiger partial charge in [0.2, 0.25) is 11.8 Å². The average molecular weight is 482 g/mol. The Labute approximate surface area is 204 Å².